The highest BCUT2D eigenvalue weighted by Crippen LogP contribution is 2.17. The lowest BCUT2D eigenvalue weighted by Gasteiger charge is -2.33. The molecule has 1 aliphatic heterocycles. The van der Waals surface area contributed by atoms with E-state index >= 15 is 0 Å². The smallest absolute Gasteiger partial charge is 0.289 e. The Balaban J connectivity index is 1.49. The molecule has 0 unspecified atom stereocenters. The van der Waals surface area contributed by atoms with Gasteiger partial charge in [-0.05, 0) is 24.3 Å². The maximum Gasteiger partial charge on any atom is 0.289 e. The van der Waals surface area contributed by atoms with Crippen LogP contribution in [0.15, 0.2) is 47.1 Å². The molecular weight excluding hydrogens is 398 g/mol. The molecule has 2 amide bonds. The molecule has 0 radical (unpaired) electrons. The van der Waals surface area contributed by atoms with Crippen LogP contribution in [-0.4, -0.2) is 75.0 Å². The van der Waals surface area contributed by atoms with Gasteiger partial charge < -0.3 is 19.4 Å². The third kappa shape index (κ3) is 4.96. The number of amides is 2. The van der Waals surface area contributed by atoms with Gasteiger partial charge in [0.1, 0.15) is 5.75 Å². The van der Waals surface area contributed by atoms with Gasteiger partial charge in [-0.2, -0.15) is 4.31 Å². The number of carbonyl (C=O) groups is 2. The zero-order valence-electron chi connectivity index (χ0n) is 16.0. The summed E-state index contributed by atoms with van der Waals surface area (Å²) >= 11 is 0. The summed E-state index contributed by atoms with van der Waals surface area (Å²) < 4.78 is 36.7. The first-order chi connectivity index (χ1) is 13.9. The van der Waals surface area contributed by atoms with E-state index in [1.54, 1.807) is 41.3 Å². The van der Waals surface area contributed by atoms with Crippen LogP contribution in [0.1, 0.15) is 20.9 Å². The highest BCUT2D eigenvalue weighted by Gasteiger charge is 2.29. The first kappa shape index (κ1) is 20.9. The van der Waals surface area contributed by atoms with Gasteiger partial charge in [-0.15, -0.1) is 0 Å². The summed E-state index contributed by atoms with van der Waals surface area (Å²) in [7, 11) is -2.09. The van der Waals surface area contributed by atoms with E-state index in [-0.39, 0.29) is 50.1 Å². The number of rotatable bonds is 7. The second-order valence-electron chi connectivity index (χ2n) is 6.44. The molecule has 1 saturated heterocycles. The van der Waals surface area contributed by atoms with Gasteiger partial charge in [0.2, 0.25) is 10.0 Å². The van der Waals surface area contributed by atoms with Gasteiger partial charge in [0.15, 0.2) is 5.76 Å². The van der Waals surface area contributed by atoms with E-state index in [1.807, 2.05) is 0 Å². The number of para-hydroxylation sites is 1. The standard InChI is InChI=1S/C19H23N3O6S/c1-27-16-6-3-2-5-15(16)18(23)20-8-14-29(25,26)22-11-9-21(10-12-22)19(24)17-7-4-13-28-17/h2-7,13H,8-12,14H2,1H3,(H,20,23). The molecule has 0 atom stereocenters. The van der Waals surface area contributed by atoms with Gasteiger partial charge in [-0.25, -0.2) is 8.42 Å². The van der Waals surface area contributed by atoms with Crippen LogP contribution in [-0.2, 0) is 10.0 Å². The number of sulfonamides is 1. The predicted octanol–water partition coefficient (Wildman–Crippen LogP) is 0.806. The Morgan fingerprint density at radius 1 is 1.10 bits per heavy atom. The fourth-order valence-electron chi connectivity index (χ4n) is 3.08. The Morgan fingerprint density at radius 3 is 2.48 bits per heavy atom. The predicted molar refractivity (Wildman–Crippen MR) is 105 cm³/mol. The number of benzene rings is 1. The first-order valence-corrected chi connectivity index (χ1v) is 10.7. The Labute approximate surface area is 169 Å². The SMILES string of the molecule is COc1ccccc1C(=O)NCCS(=O)(=O)N1CCN(C(=O)c2ccco2)CC1. The summed E-state index contributed by atoms with van der Waals surface area (Å²) in [5.74, 6) is -0.215. The van der Waals surface area contributed by atoms with E-state index in [2.05, 4.69) is 5.32 Å². The van der Waals surface area contributed by atoms with Gasteiger partial charge in [0, 0.05) is 32.7 Å². The number of furan rings is 1. The Bertz CT molecular complexity index is 950. The van der Waals surface area contributed by atoms with Crippen LogP contribution in [0.3, 0.4) is 0 Å². The minimum atomic E-state index is -3.55. The monoisotopic (exact) mass is 421 g/mol. The molecule has 0 bridgehead atoms. The Kier molecular flexibility index (Phi) is 6.55. The normalized spacial score (nSPS) is 15.1. The van der Waals surface area contributed by atoms with E-state index in [4.69, 9.17) is 9.15 Å². The van der Waals surface area contributed by atoms with Crippen molar-refractivity contribution in [2.24, 2.45) is 0 Å². The summed E-state index contributed by atoms with van der Waals surface area (Å²) in [6.07, 6.45) is 1.42. The Morgan fingerprint density at radius 2 is 1.83 bits per heavy atom. The summed E-state index contributed by atoms with van der Waals surface area (Å²) in [4.78, 5) is 26.1. The van der Waals surface area contributed by atoms with E-state index in [9.17, 15) is 18.0 Å². The molecule has 0 saturated carbocycles. The lowest BCUT2D eigenvalue weighted by molar-refractivity contribution is 0.0665. The molecule has 1 fully saturated rings. The molecule has 29 heavy (non-hydrogen) atoms. The van der Waals surface area contributed by atoms with Crippen molar-refractivity contribution in [3.05, 3.63) is 54.0 Å². The topological polar surface area (TPSA) is 109 Å². The van der Waals surface area contributed by atoms with Crippen molar-refractivity contribution in [1.82, 2.24) is 14.5 Å². The van der Waals surface area contributed by atoms with Gasteiger partial charge in [0.25, 0.3) is 11.8 Å². The second-order valence-corrected chi connectivity index (χ2v) is 8.53. The molecule has 0 aliphatic carbocycles. The van der Waals surface area contributed by atoms with Crippen molar-refractivity contribution in [3.63, 3.8) is 0 Å². The number of ether oxygens (including phenoxy) is 1. The van der Waals surface area contributed by atoms with E-state index in [0.29, 0.717) is 11.3 Å². The summed E-state index contributed by atoms with van der Waals surface area (Å²) in [6, 6.07) is 9.93. The van der Waals surface area contributed by atoms with Crippen molar-refractivity contribution in [1.29, 1.82) is 0 Å². The number of nitrogens with zero attached hydrogens (tertiary/aromatic N) is 2. The average molecular weight is 421 g/mol. The number of hydrogen-bond donors (Lipinski definition) is 1. The van der Waals surface area contributed by atoms with Crippen LogP contribution in [0.25, 0.3) is 0 Å². The van der Waals surface area contributed by atoms with Gasteiger partial charge in [-0.3, -0.25) is 9.59 Å². The van der Waals surface area contributed by atoms with Crippen molar-refractivity contribution >= 4 is 21.8 Å². The van der Waals surface area contributed by atoms with Crippen LogP contribution < -0.4 is 10.1 Å². The van der Waals surface area contributed by atoms with E-state index in [1.165, 1.54) is 17.7 Å². The van der Waals surface area contributed by atoms with Crippen LogP contribution in [0, 0.1) is 0 Å². The van der Waals surface area contributed by atoms with E-state index < -0.39 is 15.9 Å². The molecule has 1 aromatic heterocycles. The third-order valence-electron chi connectivity index (χ3n) is 4.65. The zero-order chi connectivity index (χ0) is 20.9. The highest BCUT2D eigenvalue weighted by atomic mass is 32.2. The molecule has 1 N–H and O–H groups in total. The van der Waals surface area contributed by atoms with Crippen molar-refractivity contribution in [2.75, 3.05) is 45.6 Å². The molecule has 9 nitrogen and oxygen atoms in total. The molecule has 1 aromatic carbocycles. The minimum absolute atomic E-state index is 0.0231. The first-order valence-electron chi connectivity index (χ1n) is 9.14. The fraction of sp³-hybridized carbons (Fsp3) is 0.368. The van der Waals surface area contributed by atoms with Gasteiger partial charge in [0.05, 0.1) is 24.7 Å². The average Bonchev–Trinajstić information content (AvgIpc) is 3.28. The number of hydrogen-bond acceptors (Lipinski definition) is 6. The highest BCUT2D eigenvalue weighted by molar-refractivity contribution is 7.89. The van der Waals surface area contributed by atoms with Crippen molar-refractivity contribution in [2.45, 2.75) is 0 Å². The van der Waals surface area contributed by atoms with Crippen LogP contribution in [0.4, 0.5) is 0 Å². The quantitative estimate of drug-likeness (QED) is 0.709. The number of methoxy groups -OCH3 is 1. The van der Waals surface area contributed by atoms with Gasteiger partial charge >= 0.3 is 0 Å². The van der Waals surface area contributed by atoms with Crippen LogP contribution in [0.2, 0.25) is 0 Å². The molecule has 0 spiro atoms. The number of carbonyl (C=O) groups excluding carboxylic acids is 2. The maximum absolute atomic E-state index is 12.6. The molecule has 10 heteroatoms. The number of piperazine rings is 1. The van der Waals surface area contributed by atoms with Crippen LogP contribution >= 0.6 is 0 Å². The molecule has 2 heterocycles. The third-order valence-corrected chi connectivity index (χ3v) is 6.52. The van der Waals surface area contributed by atoms with Gasteiger partial charge in [-0.1, -0.05) is 12.1 Å². The zero-order valence-corrected chi connectivity index (χ0v) is 16.9. The lowest BCUT2D eigenvalue weighted by Crippen LogP contribution is -2.51. The minimum Gasteiger partial charge on any atom is -0.496 e. The van der Waals surface area contributed by atoms with Crippen molar-refractivity contribution in [3.8, 4) is 5.75 Å². The maximum atomic E-state index is 12.6. The molecular formula is C19H23N3O6S. The number of nitrogens with one attached hydrogen (secondary N) is 1. The summed E-state index contributed by atoms with van der Waals surface area (Å²) in [5.41, 5.74) is 0.345. The summed E-state index contributed by atoms with van der Waals surface area (Å²) in [6.45, 7) is 0.952. The molecule has 3 rings (SSSR count). The summed E-state index contributed by atoms with van der Waals surface area (Å²) in [5, 5.41) is 2.61. The van der Waals surface area contributed by atoms with Crippen molar-refractivity contribution < 1.29 is 27.2 Å². The van der Waals surface area contributed by atoms with E-state index in [0.717, 1.165) is 0 Å². The molecule has 2 aromatic rings. The largest absolute Gasteiger partial charge is 0.496 e. The Hall–Kier alpha value is -2.85. The molecule has 156 valence electrons. The molecule has 1 aliphatic rings. The second kappa shape index (κ2) is 9.10. The fourth-order valence-corrected chi connectivity index (χ4v) is 4.41. The van der Waals surface area contributed by atoms with Crippen LogP contribution in [0.5, 0.6) is 5.75 Å². The lowest BCUT2D eigenvalue weighted by atomic mass is 10.2.